The Morgan fingerprint density at radius 3 is 2.90 bits per heavy atom. The van der Waals surface area contributed by atoms with Gasteiger partial charge in [0.05, 0.1) is 23.1 Å². The predicted octanol–water partition coefficient (Wildman–Crippen LogP) is 2.89. The number of aryl methyl sites for hydroxylation is 3. The molecule has 6 heteroatoms. The van der Waals surface area contributed by atoms with Crippen molar-refractivity contribution in [3.05, 3.63) is 47.8 Å². The summed E-state index contributed by atoms with van der Waals surface area (Å²) in [6.45, 7) is 0.746. The van der Waals surface area contributed by atoms with Crippen molar-refractivity contribution in [2.45, 2.75) is 18.8 Å². The van der Waals surface area contributed by atoms with Crippen molar-refractivity contribution < 1.29 is 4.39 Å². The maximum atomic E-state index is 13.2. The molecule has 1 aromatic carbocycles. The highest BCUT2D eigenvalue weighted by Gasteiger charge is 2.11. The van der Waals surface area contributed by atoms with Crippen LogP contribution in [-0.4, -0.2) is 19.3 Å². The van der Waals surface area contributed by atoms with Gasteiger partial charge in [0.15, 0.2) is 0 Å². The summed E-state index contributed by atoms with van der Waals surface area (Å²) in [4.78, 5) is 4.38. The molecule has 3 rings (SSSR count). The molecule has 0 fully saturated rings. The lowest BCUT2D eigenvalue weighted by atomic mass is 10.2. The summed E-state index contributed by atoms with van der Waals surface area (Å²) < 4.78 is 17.1. The summed E-state index contributed by atoms with van der Waals surface area (Å²) in [5.74, 6) is 0.787. The number of imidazole rings is 1. The van der Waals surface area contributed by atoms with Crippen LogP contribution >= 0.6 is 11.6 Å². The van der Waals surface area contributed by atoms with E-state index >= 15 is 0 Å². The maximum Gasteiger partial charge on any atom is 0.125 e. The van der Waals surface area contributed by atoms with Crippen LogP contribution in [-0.2, 0) is 25.9 Å². The minimum absolute atomic E-state index is 0.282. The fourth-order valence-corrected chi connectivity index (χ4v) is 2.55. The van der Waals surface area contributed by atoms with E-state index in [4.69, 9.17) is 11.6 Å². The van der Waals surface area contributed by atoms with Crippen molar-refractivity contribution >= 4 is 22.6 Å². The monoisotopic (exact) mass is 292 g/mol. The molecular weight excluding hydrogens is 279 g/mol. The van der Waals surface area contributed by atoms with Crippen LogP contribution < -0.4 is 0 Å². The molecule has 0 N–H and O–H groups in total. The highest BCUT2D eigenvalue weighted by Crippen LogP contribution is 2.19. The van der Waals surface area contributed by atoms with Gasteiger partial charge in [0.2, 0.25) is 0 Å². The molecule has 20 heavy (non-hydrogen) atoms. The largest absolute Gasteiger partial charge is 0.327 e. The number of benzene rings is 1. The Hall–Kier alpha value is -1.88. The number of aromatic nitrogens is 4. The van der Waals surface area contributed by atoms with E-state index in [-0.39, 0.29) is 5.82 Å². The van der Waals surface area contributed by atoms with Crippen molar-refractivity contribution in [1.82, 2.24) is 19.3 Å². The average Bonchev–Trinajstić information content (AvgIpc) is 2.99. The first-order valence-electron chi connectivity index (χ1n) is 6.35. The molecule has 2 heterocycles. The molecule has 2 aromatic heterocycles. The molecule has 0 amide bonds. The number of hydrogen-bond acceptors (Lipinski definition) is 2. The summed E-state index contributed by atoms with van der Waals surface area (Å²) in [5.41, 5.74) is 2.70. The lowest BCUT2D eigenvalue weighted by molar-refractivity contribution is 0.629. The van der Waals surface area contributed by atoms with Gasteiger partial charge in [0, 0.05) is 25.9 Å². The molecule has 0 radical (unpaired) electrons. The van der Waals surface area contributed by atoms with Crippen LogP contribution in [0.2, 0.25) is 0 Å². The Balaban J connectivity index is 1.93. The van der Waals surface area contributed by atoms with Crippen LogP contribution in [0.15, 0.2) is 30.6 Å². The second-order valence-electron chi connectivity index (χ2n) is 4.72. The van der Waals surface area contributed by atoms with E-state index in [1.807, 2.05) is 24.0 Å². The quantitative estimate of drug-likeness (QED) is 0.693. The van der Waals surface area contributed by atoms with Crippen molar-refractivity contribution in [3.8, 4) is 0 Å². The van der Waals surface area contributed by atoms with Gasteiger partial charge in [0.25, 0.3) is 0 Å². The van der Waals surface area contributed by atoms with Crippen molar-refractivity contribution in [2.75, 3.05) is 0 Å². The Kier molecular flexibility index (Phi) is 3.44. The van der Waals surface area contributed by atoms with Crippen molar-refractivity contribution in [1.29, 1.82) is 0 Å². The van der Waals surface area contributed by atoms with Crippen LogP contribution in [0.1, 0.15) is 11.4 Å². The highest BCUT2D eigenvalue weighted by atomic mass is 35.5. The lowest BCUT2D eigenvalue weighted by Crippen LogP contribution is -2.04. The van der Waals surface area contributed by atoms with Gasteiger partial charge in [-0.2, -0.15) is 5.10 Å². The van der Waals surface area contributed by atoms with Gasteiger partial charge in [-0.25, -0.2) is 9.37 Å². The van der Waals surface area contributed by atoms with E-state index in [0.717, 1.165) is 29.9 Å². The van der Waals surface area contributed by atoms with Gasteiger partial charge >= 0.3 is 0 Å². The van der Waals surface area contributed by atoms with Gasteiger partial charge < -0.3 is 4.57 Å². The fraction of sp³-hybridized carbons (Fsp3) is 0.286. The molecule has 0 atom stereocenters. The van der Waals surface area contributed by atoms with Crippen LogP contribution in [0.3, 0.4) is 0 Å². The Morgan fingerprint density at radius 2 is 2.20 bits per heavy atom. The van der Waals surface area contributed by atoms with Crippen molar-refractivity contribution in [3.63, 3.8) is 0 Å². The minimum atomic E-state index is -0.282. The molecule has 0 aliphatic heterocycles. The van der Waals surface area contributed by atoms with E-state index < -0.39 is 0 Å². The molecule has 0 aliphatic rings. The summed E-state index contributed by atoms with van der Waals surface area (Å²) in [7, 11) is 1.89. The topological polar surface area (TPSA) is 35.6 Å². The number of fused-ring (bicyclic) bond motifs is 1. The fourth-order valence-electron chi connectivity index (χ4n) is 2.35. The highest BCUT2D eigenvalue weighted by molar-refractivity contribution is 6.16. The molecule has 0 spiro atoms. The smallest absolute Gasteiger partial charge is 0.125 e. The molecule has 4 nitrogen and oxygen atoms in total. The van der Waals surface area contributed by atoms with E-state index in [9.17, 15) is 4.39 Å². The summed E-state index contributed by atoms with van der Waals surface area (Å²) in [6.07, 6.45) is 4.67. The predicted molar refractivity (Wildman–Crippen MR) is 76.2 cm³/mol. The summed E-state index contributed by atoms with van der Waals surface area (Å²) >= 11 is 5.94. The number of nitrogens with zero attached hydrogens (tertiary/aromatic N) is 4. The normalized spacial score (nSPS) is 11.3. The van der Waals surface area contributed by atoms with Gasteiger partial charge in [0.1, 0.15) is 11.6 Å². The van der Waals surface area contributed by atoms with Gasteiger partial charge in [-0.3, -0.25) is 4.68 Å². The van der Waals surface area contributed by atoms with Crippen LogP contribution in [0.4, 0.5) is 4.39 Å². The minimum Gasteiger partial charge on any atom is -0.327 e. The Labute approximate surface area is 120 Å². The second-order valence-corrected chi connectivity index (χ2v) is 4.99. The Morgan fingerprint density at radius 1 is 1.35 bits per heavy atom. The van der Waals surface area contributed by atoms with Gasteiger partial charge in [-0.05, 0) is 24.1 Å². The number of rotatable bonds is 4. The van der Waals surface area contributed by atoms with Gasteiger partial charge in [-0.15, -0.1) is 11.6 Å². The standard InChI is InChI=1S/C14H14ClFN4/c1-19-9-10(8-17-19)4-5-20-13-3-2-11(16)6-12(13)18-14(20)7-15/h2-3,6,8-9H,4-5,7H2,1H3. The van der Waals surface area contributed by atoms with Gasteiger partial charge in [-0.1, -0.05) is 0 Å². The number of halogens is 2. The molecule has 104 valence electrons. The zero-order valence-corrected chi connectivity index (χ0v) is 11.8. The van der Waals surface area contributed by atoms with E-state index in [1.54, 1.807) is 10.7 Å². The first-order valence-corrected chi connectivity index (χ1v) is 6.89. The first-order chi connectivity index (χ1) is 9.67. The number of hydrogen-bond donors (Lipinski definition) is 0. The van der Waals surface area contributed by atoms with Crippen LogP contribution in [0.5, 0.6) is 0 Å². The molecule has 0 saturated carbocycles. The third-order valence-electron chi connectivity index (χ3n) is 3.29. The molecule has 0 aliphatic carbocycles. The second kappa shape index (κ2) is 5.25. The molecule has 3 aromatic rings. The molecular formula is C14H14ClFN4. The van der Waals surface area contributed by atoms with E-state index in [1.165, 1.54) is 12.1 Å². The maximum absolute atomic E-state index is 13.2. The third kappa shape index (κ3) is 2.41. The summed E-state index contributed by atoms with van der Waals surface area (Å²) in [6, 6.07) is 4.63. The number of alkyl halides is 1. The molecule has 0 saturated heterocycles. The molecule has 0 bridgehead atoms. The van der Waals surface area contributed by atoms with Crippen LogP contribution in [0, 0.1) is 5.82 Å². The average molecular weight is 293 g/mol. The van der Waals surface area contributed by atoms with Crippen LogP contribution in [0.25, 0.3) is 11.0 Å². The zero-order valence-electron chi connectivity index (χ0n) is 11.1. The van der Waals surface area contributed by atoms with E-state index in [0.29, 0.717) is 11.4 Å². The third-order valence-corrected chi connectivity index (χ3v) is 3.53. The lowest BCUT2D eigenvalue weighted by Gasteiger charge is -2.06. The Bertz CT molecular complexity index is 747. The molecule has 0 unspecified atom stereocenters. The van der Waals surface area contributed by atoms with E-state index in [2.05, 4.69) is 10.1 Å². The SMILES string of the molecule is Cn1cc(CCn2c(CCl)nc3cc(F)ccc32)cn1. The zero-order chi connectivity index (χ0) is 14.1. The summed E-state index contributed by atoms with van der Waals surface area (Å²) in [5, 5.41) is 4.15. The van der Waals surface area contributed by atoms with Crippen molar-refractivity contribution in [2.24, 2.45) is 7.05 Å². The first kappa shape index (κ1) is 13.1.